The number of nitrogens with zero attached hydrogens (tertiary/aromatic N) is 5. The number of benzene rings is 1. The number of aryl methyl sites for hydroxylation is 1. The third-order valence-electron chi connectivity index (χ3n) is 5.73. The number of anilines is 1. The normalized spacial score (nSPS) is 15.3. The van der Waals surface area contributed by atoms with Gasteiger partial charge in [-0.2, -0.15) is 10.1 Å². The van der Waals surface area contributed by atoms with Crippen molar-refractivity contribution >= 4 is 29.1 Å². The van der Waals surface area contributed by atoms with Crippen molar-refractivity contribution in [2.24, 2.45) is 13.0 Å². The molecule has 2 aromatic heterocycles. The minimum absolute atomic E-state index is 0.0659. The lowest BCUT2D eigenvalue weighted by Crippen LogP contribution is -2.29. The number of hydrogen-bond donors (Lipinski definition) is 1. The van der Waals surface area contributed by atoms with Gasteiger partial charge in [-0.05, 0) is 36.6 Å². The van der Waals surface area contributed by atoms with E-state index in [1.165, 1.54) is 19.4 Å². The van der Waals surface area contributed by atoms with E-state index in [1.807, 2.05) is 18.1 Å². The maximum Gasteiger partial charge on any atom is 0.253 e. The Hall–Kier alpha value is -3.72. The van der Waals surface area contributed by atoms with Crippen molar-refractivity contribution in [3.63, 3.8) is 0 Å². The average molecular weight is 481 g/mol. The van der Waals surface area contributed by atoms with E-state index in [9.17, 15) is 9.59 Å². The van der Waals surface area contributed by atoms with Crippen molar-refractivity contribution in [1.82, 2.24) is 24.6 Å². The summed E-state index contributed by atoms with van der Waals surface area (Å²) in [6.45, 7) is 4.75. The van der Waals surface area contributed by atoms with Crippen molar-refractivity contribution in [1.29, 1.82) is 0 Å². The molecule has 0 unspecified atom stereocenters. The van der Waals surface area contributed by atoms with Crippen LogP contribution in [-0.2, 0) is 18.3 Å². The number of nitrogens with one attached hydrogen (secondary N) is 1. The van der Waals surface area contributed by atoms with E-state index >= 15 is 0 Å². The fourth-order valence-electron chi connectivity index (χ4n) is 4.02. The van der Waals surface area contributed by atoms with Gasteiger partial charge in [-0.1, -0.05) is 18.2 Å². The van der Waals surface area contributed by atoms with Gasteiger partial charge >= 0.3 is 0 Å². The second-order valence-electron chi connectivity index (χ2n) is 8.11. The van der Waals surface area contributed by atoms with Gasteiger partial charge in [0.2, 0.25) is 11.8 Å². The van der Waals surface area contributed by atoms with Gasteiger partial charge in [-0.15, -0.1) is 0 Å². The minimum Gasteiger partial charge on any atom is -0.480 e. The molecule has 1 saturated heterocycles. The summed E-state index contributed by atoms with van der Waals surface area (Å²) in [4.78, 5) is 35.7. The van der Waals surface area contributed by atoms with E-state index in [2.05, 4.69) is 27.0 Å². The average Bonchev–Trinajstić information content (AvgIpc) is 3.49. The molecule has 1 fully saturated rings. The third kappa shape index (κ3) is 5.09. The summed E-state index contributed by atoms with van der Waals surface area (Å²) in [5.74, 6) is 0.834. The highest BCUT2D eigenvalue weighted by Gasteiger charge is 2.28. The third-order valence-corrected chi connectivity index (χ3v) is 5.98. The van der Waals surface area contributed by atoms with E-state index in [1.54, 1.807) is 29.1 Å². The molecular formula is C24H25ClN6O3. The molecule has 1 aliphatic rings. The molecule has 4 rings (SSSR count). The quantitative estimate of drug-likeness (QED) is 0.520. The fraction of sp³-hybridized carbons (Fsp3) is 0.292. The molecule has 1 aliphatic heterocycles. The Labute approximate surface area is 202 Å². The Morgan fingerprint density at radius 3 is 2.88 bits per heavy atom. The van der Waals surface area contributed by atoms with Gasteiger partial charge in [0, 0.05) is 55.1 Å². The first-order chi connectivity index (χ1) is 16.4. The van der Waals surface area contributed by atoms with Crippen LogP contribution in [0.4, 0.5) is 5.69 Å². The van der Waals surface area contributed by atoms with Crippen LogP contribution in [0.1, 0.15) is 22.6 Å². The molecule has 1 N–H and O–H groups in total. The number of methoxy groups -OCH3 is 1. The van der Waals surface area contributed by atoms with Gasteiger partial charge in [-0.3, -0.25) is 14.3 Å². The summed E-state index contributed by atoms with van der Waals surface area (Å²) in [5.41, 5.74) is 2.64. The zero-order valence-electron chi connectivity index (χ0n) is 19.0. The Morgan fingerprint density at radius 1 is 1.35 bits per heavy atom. The molecular weight excluding hydrogens is 456 g/mol. The summed E-state index contributed by atoms with van der Waals surface area (Å²) in [6, 6.07) is 5.25. The lowest BCUT2D eigenvalue weighted by atomic mass is 10.0. The van der Waals surface area contributed by atoms with Crippen LogP contribution >= 0.6 is 11.6 Å². The molecule has 0 bridgehead atoms. The first-order valence-corrected chi connectivity index (χ1v) is 11.2. The second kappa shape index (κ2) is 10.0. The molecule has 9 nitrogen and oxygen atoms in total. The van der Waals surface area contributed by atoms with Gasteiger partial charge in [-0.25, -0.2) is 4.98 Å². The molecule has 3 heterocycles. The largest absolute Gasteiger partial charge is 0.480 e. The Kier molecular flexibility index (Phi) is 6.93. The lowest BCUT2D eigenvalue weighted by Gasteiger charge is -2.18. The number of carbonyl (C=O) groups excluding carboxylic acids is 2. The predicted molar refractivity (Wildman–Crippen MR) is 129 cm³/mol. The topological polar surface area (TPSA) is 102 Å². The van der Waals surface area contributed by atoms with Crippen molar-refractivity contribution in [3.05, 3.63) is 65.9 Å². The van der Waals surface area contributed by atoms with Gasteiger partial charge < -0.3 is 15.0 Å². The summed E-state index contributed by atoms with van der Waals surface area (Å²) >= 11 is 6.01. The Bertz CT molecular complexity index is 1240. The van der Waals surface area contributed by atoms with Crippen molar-refractivity contribution in [2.75, 3.05) is 25.5 Å². The highest BCUT2D eigenvalue weighted by Crippen LogP contribution is 2.31. The number of halogens is 1. The SMILES string of the molecule is C=CC(=O)Nc1ccc(C(=O)N2CC[C@@H](Cc3ncc(Cl)c(OC)n3)C2)cc1-c1cnn(C)c1. The molecule has 2 amide bonds. The number of ether oxygens (including phenoxy) is 1. The smallest absolute Gasteiger partial charge is 0.253 e. The zero-order valence-corrected chi connectivity index (χ0v) is 19.7. The summed E-state index contributed by atoms with van der Waals surface area (Å²) in [5, 5.41) is 7.38. The lowest BCUT2D eigenvalue weighted by molar-refractivity contribution is -0.111. The zero-order chi connectivity index (χ0) is 24.2. The van der Waals surface area contributed by atoms with Crippen LogP contribution in [-0.4, -0.2) is 56.7 Å². The fourth-order valence-corrected chi connectivity index (χ4v) is 4.19. The summed E-state index contributed by atoms with van der Waals surface area (Å²) in [6.07, 6.45) is 7.75. The standard InChI is InChI=1S/C24H25ClN6O3/c1-4-22(32)28-20-6-5-16(10-18(20)17-11-27-30(2)14-17)24(33)31-8-7-15(13-31)9-21-26-12-19(25)23(29-21)34-3/h4-6,10-12,14-15H,1,7-9,13H2,2-3H3,(H,28,32)/t15-/m0/s1. The van der Waals surface area contributed by atoms with E-state index in [0.717, 1.165) is 12.0 Å². The van der Waals surface area contributed by atoms with Gasteiger partial charge in [0.25, 0.3) is 5.91 Å². The van der Waals surface area contributed by atoms with E-state index in [-0.39, 0.29) is 17.7 Å². The maximum atomic E-state index is 13.3. The van der Waals surface area contributed by atoms with Crippen LogP contribution in [0.25, 0.3) is 11.1 Å². The number of rotatable bonds is 7. The summed E-state index contributed by atoms with van der Waals surface area (Å²) in [7, 11) is 3.33. The van der Waals surface area contributed by atoms with Crippen LogP contribution in [0.15, 0.2) is 49.4 Å². The van der Waals surface area contributed by atoms with Gasteiger partial charge in [0.15, 0.2) is 0 Å². The Morgan fingerprint density at radius 2 is 2.18 bits per heavy atom. The van der Waals surface area contributed by atoms with Crippen LogP contribution in [0.3, 0.4) is 0 Å². The molecule has 0 radical (unpaired) electrons. The molecule has 0 saturated carbocycles. The molecule has 1 aromatic carbocycles. The monoisotopic (exact) mass is 480 g/mol. The number of hydrogen-bond acceptors (Lipinski definition) is 6. The minimum atomic E-state index is -0.326. The second-order valence-corrected chi connectivity index (χ2v) is 8.52. The molecule has 0 spiro atoms. The van der Waals surface area contributed by atoms with Crippen LogP contribution in [0.5, 0.6) is 5.88 Å². The first-order valence-electron chi connectivity index (χ1n) is 10.8. The molecule has 34 heavy (non-hydrogen) atoms. The highest BCUT2D eigenvalue weighted by molar-refractivity contribution is 6.31. The molecule has 0 aliphatic carbocycles. The number of likely N-dealkylation sites (tertiary alicyclic amines) is 1. The number of aromatic nitrogens is 4. The predicted octanol–water partition coefficient (Wildman–Crippen LogP) is 3.37. The van der Waals surface area contributed by atoms with Crippen molar-refractivity contribution in [2.45, 2.75) is 12.8 Å². The van der Waals surface area contributed by atoms with Gasteiger partial charge in [0.05, 0.1) is 19.5 Å². The van der Waals surface area contributed by atoms with Crippen molar-refractivity contribution < 1.29 is 14.3 Å². The Balaban J connectivity index is 1.51. The van der Waals surface area contributed by atoms with Crippen molar-refractivity contribution in [3.8, 4) is 17.0 Å². The molecule has 10 heteroatoms. The number of carbonyl (C=O) groups is 2. The van der Waals surface area contributed by atoms with Gasteiger partial charge in [0.1, 0.15) is 10.8 Å². The van der Waals surface area contributed by atoms with E-state index in [0.29, 0.717) is 53.1 Å². The van der Waals surface area contributed by atoms with Crippen LogP contribution in [0, 0.1) is 5.92 Å². The van der Waals surface area contributed by atoms with E-state index in [4.69, 9.17) is 16.3 Å². The van der Waals surface area contributed by atoms with Crippen LogP contribution < -0.4 is 10.1 Å². The molecule has 3 aromatic rings. The maximum absolute atomic E-state index is 13.3. The highest BCUT2D eigenvalue weighted by atomic mass is 35.5. The summed E-state index contributed by atoms with van der Waals surface area (Å²) < 4.78 is 6.84. The first kappa shape index (κ1) is 23.4. The molecule has 176 valence electrons. The van der Waals surface area contributed by atoms with E-state index < -0.39 is 0 Å². The molecule has 1 atom stereocenters. The number of amides is 2. The van der Waals surface area contributed by atoms with Crippen LogP contribution in [0.2, 0.25) is 5.02 Å².